The van der Waals surface area contributed by atoms with E-state index in [1.54, 1.807) is 43.8 Å². The van der Waals surface area contributed by atoms with E-state index < -0.39 is 10.0 Å². The zero-order chi connectivity index (χ0) is 22.3. The third kappa shape index (κ3) is 3.74. The fourth-order valence-electron chi connectivity index (χ4n) is 4.69. The van der Waals surface area contributed by atoms with Gasteiger partial charge in [0.05, 0.1) is 22.2 Å². The number of ether oxygens (including phenoxy) is 1. The molecule has 32 heavy (non-hydrogen) atoms. The predicted octanol–water partition coefficient (Wildman–Crippen LogP) is 2.43. The Balaban J connectivity index is 1.53. The lowest BCUT2D eigenvalue weighted by molar-refractivity contribution is 0.121. The van der Waals surface area contributed by atoms with Crippen LogP contribution in [0.4, 0.5) is 11.4 Å². The summed E-state index contributed by atoms with van der Waals surface area (Å²) >= 11 is 0. The molecule has 4 heterocycles. The second-order valence-electron chi connectivity index (χ2n) is 8.60. The lowest BCUT2D eigenvalue weighted by Gasteiger charge is -2.31. The minimum atomic E-state index is -3.80. The van der Waals surface area contributed by atoms with Gasteiger partial charge >= 0.3 is 0 Å². The van der Waals surface area contributed by atoms with Crippen LogP contribution in [0.5, 0.6) is 0 Å². The smallest absolute Gasteiger partial charge is 0.268 e. The quantitative estimate of drug-likeness (QED) is 0.631. The average Bonchev–Trinajstić information content (AvgIpc) is 3.45. The Morgan fingerprint density at radius 1 is 1.06 bits per heavy atom. The van der Waals surface area contributed by atoms with Gasteiger partial charge in [0, 0.05) is 57.4 Å². The molecule has 0 aliphatic carbocycles. The Bertz CT molecular complexity index is 1220. The van der Waals surface area contributed by atoms with Gasteiger partial charge < -0.3 is 20.3 Å². The number of hydrogen-bond donors (Lipinski definition) is 1. The summed E-state index contributed by atoms with van der Waals surface area (Å²) in [6.07, 6.45) is 6.30. The molecule has 1 aromatic carbocycles. The minimum absolute atomic E-state index is 0.176. The topological polar surface area (TPSA) is 93.7 Å². The van der Waals surface area contributed by atoms with Gasteiger partial charge in [0.25, 0.3) is 10.0 Å². The summed E-state index contributed by atoms with van der Waals surface area (Å²) in [4.78, 5) is 9.15. The molecule has 2 saturated heterocycles. The molecule has 0 saturated carbocycles. The van der Waals surface area contributed by atoms with Crippen LogP contribution in [-0.4, -0.2) is 62.8 Å². The number of methoxy groups -OCH3 is 1. The van der Waals surface area contributed by atoms with Crippen LogP contribution in [0.15, 0.2) is 53.7 Å². The summed E-state index contributed by atoms with van der Waals surface area (Å²) < 4.78 is 34.3. The molecule has 8 nitrogen and oxygen atoms in total. The Kier molecular flexibility index (Phi) is 5.56. The van der Waals surface area contributed by atoms with Gasteiger partial charge in [-0.3, -0.25) is 4.98 Å². The van der Waals surface area contributed by atoms with Gasteiger partial charge in [-0.05, 0) is 49.6 Å². The molecule has 5 rings (SSSR count). The van der Waals surface area contributed by atoms with Crippen molar-refractivity contribution in [2.75, 3.05) is 43.1 Å². The number of aromatic nitrogens is 2. The Morgan fingerprint density at radius 3 is 2.59 bits per heavy atom. The third-order valence-corrected chi connectivity index (χ3v) is 8.27. The van der Waals surface area contributed by atoms with Crippen molar-refractivity contribution in [3.05, 3.63) is 48.8 Å². The van der Waals surface area contributed by atoms with Crippen molar-refractivity contribution in [1.82, 2.24) is 8.96 Å². The number of pyridine rings is 1. The van der Waals surface area contributed by atoms with Gasteiger partial charge in [0.1, 0.15) is 5.52 Å². The first kappa shape index (κ1) is 21.2. The largest absolute Gasteiger partial charge is 0.380 e. The van der Waals surface area contributed by atoms with E-state index in [4.69, 9.17) is 10.5 Å². The molecule has 0 bridgehead atoms. The molecule has 0 amide bonds. The predicted molar refractivity (Wildman–Crippen MR) is 126 cm³/mol. The van der Waals surface area contributed by atoms with E-state index in [9.17, 15) is 8.42 Å². The Hall–Kier alpha value is -2.62. The van der Waals surface area contributed by atoms with Gasteiger partial charge in [-0.2, -0.15) is 0 Å². The standard InChI is InChI=1S/C23H29N5O3S/c1-31-19-9-13-27(15-19)18-4-2-5-20(14-18)32(29,30)28-16-22(23-21(28)6-3-10-25-23)26-11-7-17(24)8-12-26/h2-6,10,14,16-17,19H,7-9,11-13,15,24H2,1H3. The zero-order valence-corrected chi connectivity index (χ0v) is 19.0. The van der Waals surface area contributed by atoms with Crippen LogP contribution in [0.1, 0.15) is 19.3 Å². The van der Waals surface area contributed by atoms with Crippen LogP contribution < -0.4 is 15.5 Å². The number of piperidine rings is 1. The lowest BCUT2D eigenvalue weighted by atomic mass is 10.1. The number of fused-ring (bicyclic) bond motifs is 1. The van der Waals surface area contributed by atoms with Gasteiger partial charge in [0.15, 0.2) is 0 Å². The molecule has 0 spiro atoms. The second kappa shape index (κ2) is 8.38. The van der Waals surface area contributed by atoms with Crippen LogP contribution in [-0.2, 0) is 14.8 Å². The molecule has 170 valence electrons. The number of nitrogens with zero attached hydrogens (tertiary/aromatic N) is 4. The Morgan fingerprint density at radius 2 is 1.84 bits per heavy atom. The monoisotopic (exact) mass is 455 g/mol. The van der Waals surface area contributed by atoms with E-state index in [0.29, 0.717) is 11.0 Å². The molecule has 1 unspecified atom stereocenters. The molecule has 2 fully saturated rings. The first-order chi connectivity index (χ1) is 15.5. The molecular formula is C23H29N5O3S. The van der Waals surface area contributed by atoms with Crippen molar-refractivity contribution in [2.24, 2.45) is 5.73 Å². The molecule has 9 heteroatoms. The number of anilines is 2. The van der Waals surface area contributed by atoms with Crippen LogP contribution in [0, 0.1) is 0 Å². The fourth-order valence-corrected chi connectivity index (χ4v) is 6.09. The maximum absolute atomic E-state index is 13.7. The van der Waals surface area contributed by atoms with Crippen LogP contribution >= 0.6 is 0 Å². The molecule has 2 N–H and O–H groups in total. The number of hydrogen-bond acceptors (Lipinski definition) is 7. The van der Waals surface area contributed by atoms with E-state index in [2.05, 4.69) is 14.8 Å². The van der Waals surface area contributed by atoms with Crippen molar-refractivity contribution in [2.45, 2.75) is 36.3 Å². The SMILES string of the molecule is COC1CCN(c2cccc(S(=O)(=O)n3cc(N4CCC(N)CC4)c4ncccc43)c2)C1. The van der Waals surface area contributed by atoms with E-state index in [1.807, 2.05) is 12.1 Å². The van der Waals surface area contributed by atoms with Crippen molar-refractivity contribution in [3.63, 3.8) is 0 Å². The van der Waals surface area contributed by atoms with Crippen LogP contribution in [0.2, 0.25) is 0 Å². The van der Waals surface area contributed by atoms with E-state index in [0.717, 1.165) is 56.8 Å². The Labute approximate surface area is 188 Å². The van der Waals surface area contributed by atoms with E-state index >= 15 is 0 Å². The van der Waals surface area contributed by atoms with Gasteiger partial charge in [-0.15, -0.1) is 0 Å². The molecule has 2 aromatic heterocycles. The summed E-state index contributed by atoms with van der Waals surface area (Å²) in [7, 11) is -2.08. The molecule has 2 aliphatic heterocycles. The highest BCUT2D eigenvalue weighted by atomic mass is 32.2. The lowest BCUT2D eigenvalue weighted by Crippen LogP contribution is -2.39. The van der Waals surface area contributed by atoms with Crippen molar-refractivity contribution in [1.29, 1.82) is 0 Å². The summed E-state index contributed by atoms with van der Waals surface area (Å²) in [6, 6.07) is 11.0. The highest BCUT2D eigenvalue weighted by molar-refractivity contribution is 7.90. The third-order valence-electron chi connectivity index (χ3n) is 6.60. The summed E-state index contributed by atoms with van der Waals surface area (Å²) in [6.45, 7) is 3.20. The van der Waals surface area contributed by atoms with Gasteiger partial charge in [-0.25, -0.2) is 12.4 Å². The molecule has 2 aliphatic rings. The number of benzene rings is 1. The molecule has 3 aromatic rings. The van der Waals surface area contributed by atoms with Gasteiger partial charge in [0.2, 0.25) is 0 Å². The summed E-state index contributed by atoms with van der Waals surface area (Å²) in [5, 5.41) is 0. The summed E-state index contributed by atoms with van der Waals surface area (Å²) in [5.41, 5.74) is 9.09. The van der Waals surface area contributed by atoms with E-state index in [1.165, 1.54) is 3.97 Å². The maximum Gasteiger partial charge on any atom is 0.268 e. The van der Waals surface area contributed by atoms with Gasteiger partial charge in [-0.1, -0.05) is 6.07 Å². The second-order valence-corrected chi connectivity index (χ2v) is 10.4. The van der Waals surface area contributed by atoms with Crippen LogP contribution in [0.3, 0.4) is 0 Å². The fraction of sp³-hybridized carbons (Fsp3) is 0.435. The number of nitrogens with two attached hydrogens (primary N) is 1. The normalized spacial score (nSPS) is 20.4. The van der Waals surface area contributed by atoms with Crippen LogP contribution in [0.25, 0.3) is 11.0 Å². The van der Waals surface area contributed by atoms with Crippen molar-refractivity contribution >= 4 is 32.4 Å². The minimum Gasteiger partial charge on any atom is -0.380 e. The summed E-state index contributed by atoms with van der Waals surface area (Å²) in [5.74, 6) is 0. The maximum atomic E-state index is 13.7. The first-order valence-corrected chi connectivity index (χ1v) is 12.5. The average molecular weight is 456 g/mol. The van der Waals surface area contributed by atoms with Crippen molar-refractivity contribution < 1.29 is 13.2 Å². The highest BCUT2D eigenvalue weighted by Crippen LogP contribution is 2.33. The zero-order valence-electron chi connectivity index (χ0n) is 18.2. The first-order valence-electron chi connectivity index (χ1n) is 11.1. The van der Waals surface area contributed by atoms with Crippen molar-refractivity contribution in [3.8, 4) is 0 Å². The van der Waals surface area contributed by atoms with E-state index in [-0.39, 0.29) is 17.0 Å². The highest BCUT2D eigenvalue weighted by Gasteiger charge is 2.27. The molecule has 1 atom stereocenters. The number of rotatable bonds is 5. The molecular weight excluding hydrogens is 426 g/mol. The molecule has 0 radical (unpaired) electrons.